The summed E-state index contributed by atoms with van der Waals surface area (Å²) in [6.45, 7) is -0.712. The highest BCUT2D eigenvalue weighted by atomic mass is 31.3. The van der Waals surface area contributed by atoms with E-state index in [0.29, 0.717) is 18.5 Å². The maximum Gasteiger partial charge on any atom is 0.481 e. The van der Waals surface area contributed by atoms with Crippen molar-refractivity contribution in [2.45, 2.75) is 43.0 Å². The van der Waals surface area contributed by atoms with Gasteiger partial charge in [0.1, 0.15) is 35.7 Å². The smallest absolute Gasteiger partial charge is 0.387 e. The Morgan fingerprint density at radius 2 is 1.90 bits per heavy atom. The lowest BCUT2D eigenvalue weighted by Gasteiger charge is -2.20. The van der Waals surface area contributed by atoms with Crippen LogP contribution in [-0.2, 0) is 27.2 Å². The van der Waals surface area contributed by atoms with Crippen LogP contribution in [0, 0.1) is 0 Å². The first-order chi connectivity index (χ1) is 19.8. The molecular weight excluding hydrogens is 602 g/mol. The van der Waals surface area contributed by atoms with Gasteiger partial charge in [0.2, 0.25) is 0 Å². The minimum atomic E-state index is -5.21. The molecule has 5 rings (SSSR count). The Bertz CT molecular complexity index is 1560. The molecule has 2 fully saturated rings. The number of ether oxygens (including phenoxy) is 1. The Kier molecular flexibility index (Phi) is 8.71. The third-order valence-electron chi connectivity index (χ3n) is 6.77. The van der Waals surface area contributed by atoms with Crippen LogP contribution in [0.15, 0.2) is 37.2 Å². The molecule has 228 valence electrons. The minimum Gasteiger partial charge on any atom is -0.387 e. The van der Waals surface area contributed by atoms with E-state index in [9.17, 15) is 33.9 Å². The van der Waals surface area contributed by atoms with E-state index in [1.807, 2.05) is 0 Å². The standard InChI is InChI=1S/C21H28N8O11P2/c22-18-15-20(26-9-25-18)29(10-27-15)21-17(31)16(30)14(39-21)8-38-42(35,36)40-41(33,34)37-7-12-4-13(5-24-12)28-3-1-2-11(6-28)19(23)32/h1-3,6,9-10,12-14,16-17,21,24,30-31H,4-5,7-8H2,(H5-,22,23,25,26,32,33,34,35,36)/p+1/t12-,13-,14+,16+,17+,21+/m0/s1. The zero-order chi connectivity index (χ0) is 30.2. The Balaban J connectivity index is 1.12. The third kappa shape index (κ3) is 6.66. The Morgan fingerprint density at radius 1 is 1.17 bits per heavy atom. The van der Waals surface area contributed by atoms with Crippen molar-refractivity contribution >= 4 is 38.5 Å². The Labute approximate surface area is 237 Å². The molecule has 2 aliphatic heterocycles. The highest BCUT2D eigenvalue weighted by Crippen LogP contribution is 2.60. The van der Waals surface area contributed by atoms with Crippen molar-refractivity contribution in [3.8, 4) is 0 Å². The van der Waals surface area contributed by atoms with Crippen LogP contribution in [-0.4, -0.2) is 89.5 Å². The van der Waals surface area contributed by atoms with Gasteiger partial charge in [-0.05, 0) is 6.07 Å². The molecule has 19 nitrogen and oxygen atoms in total. The number of phosphoric acid groups is 2. The van der Waals surface area contributed by atoms with Crippen LogP contribution >= 0.6 is 15.6 Å². The number of aromatic nitrogens is 5. The normalized spacial score (nSPS) is 29.0. The summed E-state index contributed by atoms with van der Waals surface area (Å²) in [5, 5.41) is 24.0. The molecule has 9 N–H and O–H groups in total. The van der Waals surface area contributed by atoms with Gasteiger partial charge in [0, 0.05) is 18.5 Å². The zero-order valence-electron chi connectivity index (χ0n) is 21.7. The summed E-state index contributed by atoms with van der Waals surface area (Å²) >= 11 is 0. The van der Waals surface area contributed by atoms with Crippen molar-refractivity contribution in [2.24, 2.45) is 5.73 Å². The maximum absolute atomic E-state index is 12.4. The first-order valence-electron chi connectivity index (χ1n) is 12.5. The molecule has 3 aromatic heterocycles. The fraction of sp³-hybridized carbons (Fsp3) is 0.476. The summed E-state index contributed by atoms with van der Waals surface area (Å²) in [6.07, 6.45) is 0.508. The topological polar surface area (TPSA) is 281 Å². The molecule has 0 aliphatic carbocycles. The number of aliphatic hydroxyl groups excluding tert-OH is 2. The Morgan fingerprint density at radius 3 is 2.64 bits per heavy atom. The second-order valence-corrected chi connectivity index (χ2v) is 12.7. The van der Waals surface area contributed by atoms with Crippen molar-refractivity contribution in [3.05, 3.63) is 42.7 Å². The number of primary amides is 1. The van der Waals surface area contributed by atoms with Crippen molar-refractivity contribution in [1.29, 1.82) is 0 Å². The number of aliphatic hydroxyl groups is 2. The van der Waals surface area contributed by atoms with E-state index in [4.69, 9.17) is 25.3 Å². The number of carbonyl (C=O) groups is 1. The highest BCUT2D eigenvalue weighted by Gasteiger charge is 2.46. The maximum atomic E-state index is 12.4. The van der Waals surface area contributed by atoms with Gasteiger partial charge in [0.25, 0.3) is 5.91 Å². The van der Waals surface area contributed by atoms with Gasteiger partial charge < -0.3 is 41.5 Å². The number of carbonyl (C=O) groups excluding carboxylic acids is 1. The molecular formula is C21H29N8O11P2+. The van der Waals surface area contributed by atoms with Crippen molar-refractivity contribution in [3.63, 3.8) is 0 Å². The van der Waals surface area contributed by atoms with E-state index in [2.05, 4.69) is 24.6 Å². The number of rotatable bonds is 11. The number of nitrogens with two attached hydrogens (primary N) is 2. The molecule has 0 bridgehead atoms. The average molecular weight is 631 g/mol. The average Bonchev–Trinajstić information content (AvgIpc) is 3.65. The van der Waals surface area contributed by atoms with Crippen LogP contribution in [0.2, 0.25) is 0 Å². The first-order valence-corrected chi connectivity index (χ1v) is 15.5. The summed E-state index contributed by atoms with van der Waals surface area (Å²) in [5.41, 5.74) is 11.8. The SMILES string of the molecule is NC(=O)c1ccc[n+]([C@@H]2CN[C@H](COP(=O)(O)OP(=O)(O)OC[C@H]3O[C@@H](n4cnc5c(N)ncnc54)[C@H](O)[C@@H]3O)C2)c1. The fourth-order valence-electron chi connectivity index (χ4n) is 4.70. The molecule has 0 aromatic carbocycles. The van der Waals surface area contributed by atoms with E-state index in [0.717, 1.165) is 0 Å². The lowest BCUT2D eigenvalue weighted by atomic mass is 10.1. The Hall–Kier alpha value is -2.93. The number of hydrogen-bond donors (Lipinski definition) is 7. The van der Waals surface area contributed by atoms with Crippen LogP contribution < -0.4 is 21.4 Å². The second-order valence-electron chi connectivity index (χ2n) is 9.64. The molecule has 0 spiro atoms. The van der Waals surface area contributed by atoms with Crippen molar-refractivity contribution in [1.82, 2.24) is 24.8 Å². The summed E-state index contributed by atoms with van der Waals surface area (Å²) < 4.78 is 47.5. The number of anilines is 1. The van der Waals surface area contributed by atoms with E-state index in [1.165, 1.54) is 17.2 Å². The number of imidazole rings is 1. The number of nitrogens with zero attached hydrogens (tertiary/aromatic N) is 5. The molecule has 2 saturated heterocycles. The number of pyridine rings is 1. The van der Waals surface area contributed by atoms with E-state index in [-0.39, 0.29) is 29.6 Å². The van der Waals surface area contributed by atoms with Crippen LogP contribution in [0.1, 0.15) is 29.0 Å². The third-order valence-corrected chi connectivity index (χ3v) is 9.37. The number of fused-ring (bicyclic) bond motifs is 1. The molecule has 5 heterocycles. The van der Waals surface area contributed by atoms with Crippen molar-refractivity contribution in [2.75, 3.05) is 25.5 Å². The van der Waals surface area contributed by atoms with Crippen LogP contribution in [0.4, 0.5) is 5.82 Å². The van der Waals surface area contributed by atoms with Gasteiger partial charge in [-0.3, -0.25) is 18.4 Å². The summed E-state index contributed by atoms with van der Waals surface area (Å²) in [4.78, 5) is 43.4. The molecule has 42 heavy (non-hydrogen) atoms. The predicted octanol–water partition coefficient (Wildman–Crippen LogP) is -1.73. The summed E-state index contributed by atoms with van der Waals surface area (Å²) in [7, 11) is -10.3. The number of nitrogens with one attached hydrogen (secondary N) is 1. The minimum absolute atomic E-state index is 0.0816. The van der Waals surface area contributed by atoms with E-state index >= 15 is 0 Å². The molecule has 3 aromatic rings. The molecule has 8 atom stereocenters. The van der Waals surface area contributed by atoms with Gasteiger partial charge in [-0.1, -0.05) is 0 Å². The fourth-order valence-corrected chi connectivity index (χ4v) is 6.82. The summed E-state index contributed by atoms with van der Waals surface area (Å²) in [6, 6.07) is 2.69. The van der Waals surface area contributed by atoms with Gasteiger partial charge in [-0.25, -0.2) is 28.6 Å². The van der Waals surface area contributed by atoms with Gasteiger partial charge >= 0.3 is 15.6 Å². The van der Waals surface area contributed by atoms with Gasteiger partial charge in [0.05, 0.1) is 26.1 Å². The predicted molar refractivity (Wildman–Crippen MR) is 139 cm³/mol. The van der Waals surface area contributed by atoms with Crippen LogP contribution in [0.3, 0.4) is 0 Å². The van der Waals surface area contributed by atoms with Crippen LogP contribution in [0.5, 0.6) is 0 Å². The molecule has 1 amide bonds. The molecule has 0 saturated carbocycles. The number of hydrogen-bond acceptors (Lipinski definition) is 14. The van der Waals surface area contributed by atoms with E-state index < -0.39 is 58.7 Å². The van der Waals surface area contributed by atoms with Gasteiger partial charge in [0.15, 0.2) is 36.1 Å². The van der Waals surface area contributed by atoms with Crippen molar-refractivity contribution < 1.29 is 56.6 Å². The van der Waals surface area contributed by atoms with E-state index in [1.54, 1.807) is 29.1 Å². The lowest BCUT2D eigenvalue weighted by Crippen LogP contribution is -2.41. The molecule has 2 unspecified atom stereocenters. The quantitative estimate of drug-likeness (QED) is 0.0914. The lowest BCUT2D eigenvalue weighted by molar-refractivity contribution is -0.719. The molecule has 21 heteroatoms. The highest BCUT2D eigenvalue weighted by molar-refractivity contribution is 7.61. The molecule has 2 aliphatic rings. The number of nitrogen functional groups attached to an aromatic ring is 1. The van der Waals surface area contributed by atoms with Gasteiger partial charge in [-0.15, -0.1) is 0 Å². The van der Waals surface area contributed by atoms with Crippen LogP contribution in [0.25, 0.3) is 11.2 Å². The monoisotopic (exact) mass is 631 g/mol. The molecule has 0 radical (unpaired) electrons. The second kappa shape index (κ2) is 12.0. The summed E-state index contributed by atoms with van der Waals surface area (Å²) in [5.74, 6) is -0.500. The first kappa shape index (κ1) is 30.5. The largest absolute Gasteiger partial charge is 0.481 e. The van der Waals surface area contributed by atoms with Gasteiger partial charge in [-0.2, -0.15) is 4.31 Å². The number of phosphoric ester groups is 2. The number of amides is 1. The zero-order valence-corrected chi connectivity index (χ0v) is 23.5.